The van der Waals surface area contributed by atoms with Crippen molar-refractivity contribution in [1.29, 1.82) is 0 Å². The molecule has 2 aromatic rings. The number of hydrogen-bond acceptors (Lipinski definition) is 3. The lowest BCUT2D eigenvalue weighted by atomic mass is 9.86. The molecule has 0 aliphatic rings. The lowest BCUT2D eigenvalue weighted by Gasteiger charge is -2.20. The van der Waals surface area contributed by atoms with E-state index in [2.05, 4.69) is 32.9 Å². The van der Waals surface area contributed by atoms with Crippen molar-refractivity contribution < 1.29 is 9.53 Å². The van der Waals surface area contributed by atoms with E-state index in [1.54, 1.807) is 7.11 Å². The van der Waals surface area contributed by atoms with E-state index in [1.807, 2.05) is 18.2 Å². The Balaban J connectivity index is 2.56. The van der Waals surface area contributed by atoms with Gasteiger partial charge in [-0.1, -0.05) is 26.8 Å². The first-order chi connectivity index (χ1) is 8.95. The Labute approximate surface area is 118 Å². The lowest BCUT2D eigenvalue weighted by Crippen LogP contribution is -2.11. The second-order valence-corrected chi connectivity index (χ2v) is 6.60. The van der Waals surface area contributed by atoms with Gasteiger partial charge in [0.15, 0.2) is 6.29 Å². The Hall–Kier alpha value is -1.61. The predicted octanol–water partition coefficient (Wildman–Crippen LogP) is 4.53. The summed E-state index contributed by atoms with van der Waals surface area (Å²) in [6.45, 7) is 6.55. The molecule has 100 valence electrons. The topological polar surface area (TPSA) is 26.3 Å². The van der Waals surface area contributed by atoms with Crippen LogP contribution in [0.5, 0.6) is 5.75 Å². The van der Waals surface area contributed by atoms with Gasteiger partial charge in [-0.2, -0.15) is 0 Å². The van der Waals surface area contributed by atoms with E-state index in [4.69, 9.17) is 4.74 Å². The average molecular weight is 274 g/mol. The van der Waals surface area contributed by atoms with Gasteiger partial charge >= 0.3 is 0 Å². The van der Waals surface area contributed by atoms with Crippen molar-refractivity contribution in [1.82, 2.24) is 0 Å². The van der Waals surface area contributed by atoms with Gasteiger partial charge in [0, 0.05) is 10.4 Å². The first kappa shape index (κ1) is 13.8. The predicted molar refractivity (Wildman–Crippen MR) is 80.4 cm³/mol. The molecule has 0 N–H and O–H groups in total. The largest absolute Gasteiger partial charge is 0.496 e. The van der Waals surface area contributed by atoms with E-state index in [0.29, 0.717) is 0 Å². The van der Waals surface area contributed by atoms with Crippen LogP contribution in [0.3, 0.4) is 0 Å². The molecular weight excluding hydrogens is 256 g/mol. The number of rotatable bonds is 3. The molecule has 2 rings (SSSR count). The van der Waals surface area contributed by atoms with Crippen molar-refractivity contribution >= 4 is 17.6 Å². The summed E-state index contributed by atoms with van der Waals surface area (Å²) >= 11 is 1.49. The van der Waals surface area contributed by atoms with Gasteiger partial charge in [0.1, 0.15) is 5.75 Å². The molecule has 0 aliphatic heterocycles. The SMILES string of the molecule is COc1ccc(C(C)(C)C)cc1-c1ccc(C=O)s1. The van der Waals surface area contributed by atoms with Crippen LogP contribution in [0, 0.1) is 0 Å². The first-order valence-corrected chi connectivity index (χ1v) is 7.01. The van der Waals surface area contributed by atoms with Gasteiger partial charge in [0.05, 0.1) is 12.0 Å². The fraction of sp³-hybridized carbons (Fsp3) is 0.312. The highest BCUT2D eigenvalue weighted by atomic mass is 32.1. The van der Waals surface area contributed by atoms with E-state index < -0.39 is 0 Å². The molecule has 0 spiro atoms. The highest BCUT2D eigenvalue weighted by Gasteiger charge is 2.17. The second kappa shape index (κ2) is 5.17. The molecule has 0 radical (unpaired) electrons. The van der Waals surface area contributed by atoms with Crippen LogP contribution >= 0.6 is 11.3 Å². The molecule has 1 aromatic heterocycles. The number of methoxy groups -OCH3 is 1. The van der Waals surface area contributed by atoms with E-state index in [0.717, 1.165) is 27.4 Å². The van der Waals surface area contributed by atoms with Gasteiger partial charge < -0.3 is 4.74 Å². The summed E-state index contributed by atoms with van der Waals surface area (Å²) in [5, 5.41) is 0. The van der Waals surface area contributed by atoms with Crippen molar-refractivity contribution in [3.8, 4) is 16.2 Å². The average Bonchev–Trinajstić information content (AvgIpc) is 2.85. The molecule has 1 aromatic carbocycles. The van der Waals surface area contributed by atoms with Crippen LogP contribution in [-0.2, 0) is 5.41 Å². The van der Waals surface area contributed by atoms with Crippen molar-refractivity contribution in [2.24, 2.45) is 0 Å². The maximum atomic E-state index is 10.8. The molecule has 0 amide bonds. The fourth-order valence-electron chi connectivity index (χ4n) is 1.93. The molecule has 0 atom stereocenters. The molecule has 0 unspecified atom stereocenters. The Bertz CT molecular complexity index is 591. The van der Waals surface area contributed by atoms with Gasteiger partial charge in [0.2, 0.25) is 0 Å². The van der Waals surface area contributed by atoms with Gasteiger partial charge in [-0.25, -0.2) is 0 Å². The van der Waals surface area contributed by atoms with Crippen LogP contribution in [0.25, 0.3) is 10.4 Å². The number of thiophene rings is 1. The highest BCUT2D eigenvalue weighted by Crippen LogP contribution is 2.37. The summed E-state index contributed by atoms with van der Waals surface area (Å²) in [7, 11) is 1.67. The third-order valence-electron chi connectivity index (χ3n) is 3.07. The molecule has 0 saturated heterocycles. The van der Waals surface area contributed by atoms with E-state index >= 15 is 0 Å². The van der Waals surface area contributed by atoms with E-state index in [1.165, 1.54) is 16.9 Å². The number of ether oxygens (including phenoxy) is 1. The molecule has 1 heterocycles. The van der Waals surface area contributed by atoms with Crippen molar-refractivity contribution in [3.63, 3.8) is 0 Å². The molecule has 0 bridgehead atoms. The molecular formula is C16H18O2S. The summed E-state index contributed by atoms with van der Waals surface area (Å²) in [5.74, 6) is 0.840. The number of carbonyl (C=O) groups excluding carboxylic acids is 1. The van der Waals surface area contributed by atoms with Crippen LogP contribution in [0.4, 0.5) is 0 Å². The Kier molecular flexibility index (Phi) is 3.76. The fourth-order valence-corrected chi connectivity index (χ4v) is 2.77. The van der Waals surface area contributed by atoms with Crippen molar-refractivity contribution in [2.45, 2.75) is 26.2 Å². The Morgan fingerprint density at radius 3 is 2.42 bits per heavy atom. The minimum absolute atomic E-state index is 0.0891. The lowest BCUT2D eigenvalue weighted by molar-refractivity contribution is 0.112. The first-order valence-electron chi connectivity index (χ1n) is 6.19. The molecule has 0 fully saturated rings. The molecule has 2 nitrogen and oxygen atoms in total. The minimum atomic E-state index is 0.0891. The summed E-state index contributed by atoms with van der Waals surface area (Å²) in [4.78, 5) is 12.6. The second-order valence-electron chi connectivity index (χ2n) is 5.48. The van der Waals surface area contributed by atoms with Crippen LogP contribution in [0.15, 0.2) is 30.3 Å². The summed E-state index contributed by atoms with van der Waals surface area (Å²) in [5.41, 5.74) is 2.39. The third-order valence-corrected chi connectivity index (χ3v) is 4.12. The van der Waals surface area contributed by atoms with Crippen LogP contribution < -0.4 is 4.74 Å². The zero-order valence-electron chi connectivity index (χ0n) is 11.7. The Morgan fingerprint density at radius 2 is 1.89 bits per heavy atom. The summed E-state index contributed by atoms with van der Waals surface area (Å²) < 4.78 is 5.43. The number of benzene rings is 1. The highest BCUT2D eigenvalue weighted by molar-refractivity contribution is 7.17. The van der Waals surface area contributed by atoms with Gasteiger partial charge in [-0.15, -0.1) is 11.3 Å². The number of hydrogen-bond donors (Lipinski definition) is 0. The molecule has 3 heteroatoms. The summed E-state index contributed by atoms with van der Waals surface area (Å²) in [6.07, 6.45) is 0.883. The van der Waals surface area contributed by atoms with Gasteiger partial charge in [-0.05, 0) is 35.2 Å². The smallest absolute Gasteiger partial charge is 0.160 e. The minimum Gasteiger partial charge on any atom is -0.496 e. The quantitative estimate of drug-likeness (QED) is 0.768. The van der Waals surface area contributed by atoms with E-state index in [-0.39, 0.29) is 5.41 Å². The zero-order chi connectivity index (χ0) is 14.0. The maximum absolute atomic E-state index is 10.8. The van der Waals surface area contributed by atoms with Crippen molar-refractivity contribution in [3.05, 3.63) is 40.8 Å². The van der Waals surface area contributed by atoms with Gasteiger partial charge in [0.25, 0.3) is 0 Å². The third kappa shape index (κ3) is 2.87. The monoisotopic (exact) mass is 274 g/mol. The van der Waals surface area contributed by atoms with Crippen LogP contribution in [0.1, 0.15) is 36.0 Å². The molecule has 19 heavy (non-hydrogen) atoms. The maximum Gasteiger partial charge on any atom is 0.160 e. The molecule has 0 saturated carbocycles. The summed E-state index contributed by atoms with van der Waals surface area (Å²) in [6, 6.07) is 10.1. The number of aldehydes is 1. The normalized spacial score (nSPS) is 11.4. The van der Waals surface area contributed by atoms with E-state index in [9.17, 15) is 4.79 Å². The van der Waals surface area contributed by atoms with Crippen LogP contribution in [-0.4, -0.2) is 13.4 Å². The van der Waals surface area contributed by atoms with Crippen molar-refractivity contribution in [2.75, 3.05) is 7.11 Å². The number of carbonyl (C=O) groups is 1. The standard InChI is InChI=1S/C16H18O2S/c1-16(2,3)11-5-7-14(18-4)13(9-11)15-8-6-12(10-17)19-15/h5-10H,1-4H3. The zero-order valence-corrected chi connectivity index (χ0v) is 12.5. The Morgan fingerprint density at radius 1 is 1.16 bits per heavy atom. The van der Waals surface area contributed by atoms with Crippen LogP contribution in [0.2, 0.25) is 0 Å². The molecule has 0 aliphatic carbocycles. The van der Waals surface area contributed by atoms with Gasteiger partial charge in [-0.3, -0.25) is 4.79 Å².